The lowest BCUT2D eigenvalue weighted by atomic mass is 10.0. The molecule has 0 saturated carbocycles. The van der Waals surface area contributed by atoms with Gasteiger partial charge >= 0.3 is 0 Å². The fourth-order valence-corrected chi connectivity index (χ4v) is 5.42. The second kappa shape index (κ2) is 6.29. The van der Waals surface area contributed by atoms with Gasteiger partial charge in [-0.25, -0.2) is 4.98 Å². The second-order valence-corrected chi connectivity index (χ2v) is 8.72. The van der Waals surface area contributed by atoms with Gasteiger partial charge in [0, 0.05) is 43.2 Å². The summed E-state index contributed by atoms with van der Waals surface area (Å²) in [6, 6.07) is 0. The summed E-state index contributed by atoms with van der Waals surface area (Å²) in [7, 11) is -3.36. The van der Waals surface area contributed by atoms with Gasteiger partial charge in [0.1, 0.15) is 0 Å². The average molecular weight is 331 g/mol. The molecule has 2 saturated heterocycles. The number of ether oxygens (including phenoxy) is 1. The molecule has 2 fully saturated rings. The SMILES string of the molecule is Cc1cnc([C@@H]2CCCN(S(=O)(=O)N3CCOCC3)C2)s1. The Morgan fingerprint density at radius 1 is 1.29 bits per heavy atom. The number of thiazole rings is 1. The van der Waals surface area contributed by atoms with Crippen molar-refractivity contribution in [2.75, 3.05) is 39.4 Å². The molecule has 0 radical (unpaired) electrons. The zero-order valence-electron chi connectivity index (χ0n) is 12.2. The molecule has 0 aliphatic carbocycles. The van der Waals surface area contributed by atoms with E-state index in [4.69, 9.17) is 4.74 Å². The summed E-state index contributed by atoms with van der Waals surface area (Å²) in [5.74, 6) is 0.230. The van der Waals surface area contributed by atoms with Crippen LogP contribution in [-0.2, 0) is 14.9 Å². The van der Waals surface area contributed by atoms with Crippen LogP contribution in [0.1, 0.15) is 28.6 Å². The lowest BCUT2D eigenvalue weighted by Gasteiger charge is -2.36. The van der Waals surface area contributed by atoms with Gasteiger partial charge in [0.05, 0.1) is 18.2 Å². The molecule has 2 aliphatic rings. The highest BCUT2D eigenvalue weighted by Gasteiger charge is 2.35. The Labute approximate surface area is 129 Å². The maximum Gasteiger partial charge on any atom is 0.282 e. The van der Waals surface area contributed by atoms with Crippen molar-refractivity contribution in [2.45, 2.75) is 25.7 Å². The molecule has 118 valence electrons. The van der Waals surface area contributed by atoms with Crippen LogP contribution in [0, 0.1) is 6.92 Å². The molecule has 2 aliphatic heterocycles. The van der Waals surface area contributed by atoms with Crippen molar-refractivity contribution >= 4 is 21.5 Å². The van der Waals surface area contributed by atoms with Gasteiger partial charge in [-0.1, -0.05) is 0 Å². The van der Waals surface area contributed by atoms with Crippen molar-refractivity contribution in [2.24, 2.45) is 0 Å². The van der Waals surface area contributed by atoms with Crippen molar-refractivity contribution in [1.29, 1.82) is 0 Å². The zero-order valence-corrected chi connectivity index (χ0v) is 13.8. The summed E-state index contributed by atoms with van der Waals surface area (Å²) in [6.07, 6.45) is 3.78. The molecule has 0 unspecified atom stereocenters. The Kier molecular flexibility index (Phi) is 4.60. The Hall–Kier alpha value is -0.540. The van der Waals surface area contributed by atoms with Crippen LogP contribution in [0.4, 0.5) is 0 Å². The van der Waals surface area contributed by atoms with Crippen LogP contribution in [0.3, 0.4) is 0 Å². The van der Waals surface area contributed by atoms with Crippen LogP contribution in [-0.4, -0.2) is 61.4 Å². The molecule has 3 heterocycles. The van der Waals surface area contributed by atoms with Crippen LogP contribution in [0.2, 0.25) is 0 Å². The normalized spacial score (nSPS) is 26.0. The van der Waals surface area contributed by atoms with Gasteiger partial charge in [0.2, 0.25) is 0 Å². The highest BCUT2D eigenvalue weighted by atomic mass is 32.2. The Morgan fingerprint density at radius 2 is 2.05 bits per heavy atom. The lowest BCUT2D eigenvalue weighted by molar-refractivity contribution is 0.0695. The van der Waals surface area contributed by atoms with E-state index in [0.29, 0.717) is 39.4 Å². The topological polar surface area (TPSA) is 62.7 Å². The first-order valence-electron chi connectivity index (χ1n) is 7.32. The summed E-state index contributed by atoms with van der Waals surface area (Å²) < 4.78 is 33.8. The first-order chi connectivity index (χ1) is 10.1. The predicted octanol–water partition coefficient (Wildman–Crippen LogP) is 1.21. The van der Waals surface area contributed by atoms with E-state index in [1.165, 1.54) is 4.88 Å². The second-order valence-electron chi connectivity index (χ2n) is 5.53. The molecule has 3 rings (SSSR count). The molecule has 8 heteroatoms. The number of rotatable bonds is 3. The third-order valence-corrected chi connectivity index (χ3v) is 7.07. The fraction of sp³-hybridized carbons (Fsp3) is 0.769. The molecule has 0 amide bonds. The van der Waals surface area contributed by atoms with Crippen molar-refractivity contribution in [3.05, 3.63) is 16.1 Å². The molecule has 21 heavy (non-hydrogen) atoms. The molecular weight excluding hydrogens is 310 g/mol. The molecule has 0 aromatic carbocycles. The maximum absolute atomic E-state index is 12.7. The van der Waals surface area contributed by atoms with E-state index >= 15 is 0 Å². The van der Waals surface area contributed by atoms with Crippen LogP contribution in [0.5, 0.6) is 0 Å². The van der Waals surface area contributed by atoms with Crippen LogP contribution in [0.25, 0.3) is 0 Å². The number of aromatic nitrogens is 1. The Morgan fingerprint density at radius 3 is 2.71 bits per heavy atom. The highest BCUT2D eigenvalue weighted by molar-refractivity contribution is 7.86. The van der Waals surface area contributed by atoms with Crippen molar-refractivity contribution < 1.29 is 13.2 Å². The van der Waals surface area contributed by atoms with E-state index < -0.39 is 10.2 Å². The minimum atomic E-state index is -3.36. The van der Waals surface area contributed by atoms with Gasteiger partial charge in [-0.3, -0.25) is 0 Å². The van der Waals surface area contributed by atoms with E-state index in [-0.39, 0.29) is 5.92 Å². The molecule has 1 aromatic rings. The van der Waals surface area contributed by atoms with E-state index in [2.05, 4.69) is 4.98 Å². The van der Waals surface area contributed by atoms with Crippen molar-refractivity contribution in [3.63, 3.8) is 0 Å². The smallest absolute Gasteiger partial charge is 0.282 e. The molecule has 0 spiro atoms. The molecule has 6 nitrogen and oxygen atoms in total. The molecule has 0 bridgehead atoms. The van der Waals surface area contributed by atoms with E-state index in [1.54, 1.807) is 19.9 Å². The Bertz CT molecular complexity index is 581. The Balaban J connectivity index is 1.73. The fourth-order valence-electron chi connectivity index (χ4n) is 2.86. The first kappa shape index (κ1) is 15.4. The van der Waals surface area contributed by atoms with Crippen molar-refractivity contribution in [3.8, 4) is 0 Å². The number of nitrogens with zero attached hydrogens (tertiary/aromatic N) is 3. The monoisotopic (exact) mass is 331 g/mol. The third kappa shape index (κ3) is 3.29. The number of piperidine rings is 1. The first-order valence-corrected chi connectivity index (χ1v) is 9.54. The summed E-state index contributed by atoms with van der Waals surface area (Å²) in [6.45, 7) is 5.09. The highest BCUT2D eigenvalue weighted by Crippen LogP contribution is 2.31. The minimum Gasteiger partial charge on any atom is -0.379 e. The van der Waals surface area contributed by atoms with Gasteiger partial charge in [-0.2, -0.15) is 17.0 Å². The van der Waals surface area contributed by atoms with Gasteiger partial charge < -0.3 is 4.74 Å². The third-order valence-electron chi connectivity index (χ3n) is 4.00. The standard InChI is InChI=1S/C13H21N3O3S2/c1-11-9-14-13(20-11)12-3-2-4-16(10-12)21(17,18)15-5-7-19-8-6-15/h9,12H,2-8,10H2,1H3/t12-/m1/s1. The van der Waals surface area contributed by atoms with Crippen molar-refractivity contribution in [1.82, 2.24) is 13.6 Å². The van der Waals surface area contributed by atoms with Gasteiger partial charge in [0.25, 0.3) is 10.2 Å². The van der Waals surface area contributed by atoms with Crippen LogP contribution >= 0.6 is 11.3 Å². The maximum atomic E-state index is 12.7. The summed E-state index contributed by atoms with van der Waals surface area (Å²) >= 11 is 1.68. The quantitative estimate of drug-likeness (QED) is 0.835. The van der Waals surface area contributed by atoms with Gasteiger partial charge in [-0.05, 0) is 19.8 Å². The number of hydrogen-bond acceptors (Lipinski definition) is 5. The molecule has 1 aromatic heterocycles. The van der Waals surface area contributed by atoms with Gasteiger partial charge in [0.15, 0.2) is 0 Å². The van der Waals surface area contributed by atoms with E-state index in [9.17, 15) is 8.42 Å². The zero-order chi connectivity index (χ0) is 14.9. The summed E-state index contributed by atoms with van der Waals surface area (Å²) in [5, 5.41) is 1.06. The number of hydrogen-bond donors (Lipinski definition) is 0. The molecular formula is C13H21N3O3S2. The average Bonchev–Trinajstić information content (AvgIpc) is 2.95. The van der Waals surface area contributed by atoms with E-state index in [0.717, 1.165) is 17.8 Å². The van der Waals surface area contributed by atoms with E-state index in [1.807, 2.05) is 13.1 Å². The summed E-state index contributed by atoms with van der Waals surface area (Å²) in [5.41, 5.74) is 0. The van der Waals surface area contributed by atoms with Crippen LogP contribution < -0.4 is 0 Å². The largest absolute Gasteiger partial charge is 0.379 e. The number of morpholine rings is 1. The predicted molar refractivity (Wildman–Crippen MR) is 81.7 cm³/mol. The van der Waals surface area contributed by atoms with Gasteiger partial charge in [-0.15, -0.1) is 11.3 Å². The minimum absolute atomic E-state index is 0.230. The van der Waals surface area contributed by atoms with Crippen LogP contribution in [0.15, 0.2) is 6.20 Å². The molecule has 1 atom stereocenters. The lowest BCUT2D eigenvalue weighted by Crippen LogP contribution is -2.51. The summed E-state index contributed by atoms with van der Waals surface area (Å²) in [4.78, 5) is 5.61. The number of aryl methyl sites for hydroxylation is 1. The molecule has 0 N–H and O–H groups in total.